The normalized spacial score (nSPS) is 17.3. The van der Waals surface area contributed by atoms with Gasteiger partial charge in [0, 0.05) is 18.2 Å². The van der Waals surface area contributed by atoms with Gasteiger partial charge >= 0.3 is 5.97 Å². The number of carbonyl (C=O) groups is 1. The lowest BCUT2D eigenvalue weighted by Crippen LogP contribution is -2.22. The summed E-state index contributed by atoms with van der Waals surface area (Å²) in [5.41, 5.74) is 0.742. The lowest BCUT2D eigenvalue weighted by Gasteiger charge is -2.29. The Hall–Kier alpha value is -3.32. The first-order chi connectivity index (χ1) is 18.4. The molecule has 0 amide bonds. The van der Waals surface area contributed by atoms with E-state index in [2.05, 4.69) is 6.92 Å². The number of hydrogen-bond acceptors (Lipinski definition) is 4. The van der Waals surface area contributed by atoms with E-state index in [1.165, 1.54) is 30.3 Å². The number of ether oxygens (including phenoxy) is 3. The van der Waals surface area contributed by atoms with Crippen molar-refractivity contribution in [2.24, 2.45) is 0 Å². The molecule has 0 unspecified atom stereocenters. The highest BCUT2D eigenvalue weighted by atomic mass is 19.2. The third-order valence-corrected chi connectivity index (χ3v) is 6.92. The maximum Gasteiger partial charge on any atom is 0.346 e. The molecule has 0 radical (unpaired) electrons. The largest absolute Gasteiger partial charge is 0.494 e. The average molecular weight is 527 g/mol. The summed E-state index contributed by atoms with van der Waals surface area (Å²) < 4.78 is 60.8. The molecule has 0 saturated heterocycles. The van der Waals surface area contributed by atoms with Crippen LogP contribution in [0.15, 0.2) is 54.6 Å². The van der Waals surface area contributed by atoms with Crippen LogP contribution in [0.1, 0.15) is 74.2 Å². The minimum absolute atomic E-state index is 0.115. The van der Waals surface area contributed by atoms with Crippen molar-refractivity contribution in [3.63, 3.8) is 0 Å². The fourth-order valence-corrected chi connectivity index (χ4v) is 4.82. The summed E-state index contributed by atoms with van der Waals surface area (Å²) in [6, 6.07) is 13.5. The van der Waals surface area contributed by atoms with Gasteiger partial charge in [0.2, 0.25) is 0 Å². The Bertz CT molecular complexity index is 1230. The summed E-state index contributed by atoms with van der Waals surface area (Å²) in [7, 11) is 0. The zero-order valence-electron chi connectivity index (χ0n) is 21.8. The van der Waals surface area contributed by atoms with Gasteiger partial charge in [0.15, 0.2) is 11.6 Å². The molecule has 0 spiro atoms. The van der Waals surface area contributed by atoms with E-state index in [1.807, 2.05) is 6.92 Å². The van der Waals surface area contributed by atoms with Gasteiger partial charge in [0.1, 0.15) is 17.3 Å². The van der Waals surface area contributed by atoms with E-state index in [0.29, 0.717) is 36.3 Å². The van der Waals surface area contributed by atoms with Crippen LogP contribution >= 0.6 is 0 Å². The monoisotopic (exact) mass is 526 g/mol. The minimum atomic E-state index is -1.21. The van der Waals surface area contributed by atoms with Gasteiger partial charge in [-0.3, -0.25) is 0 Å². The third-order valence-electron chi connectivity index (χ3n) is 6.92. The second kappa shape index (κ2) is 13.0. The summed E-state index contributed by atoms with van der Waals surface area (Å²) >= 11 is 0. The maximum atomic E-state index is 15.0. The Kier molecular flexibility index (Phi) is 9.45. The Morgan fingerprint density at radius 2 is 1.58 bits per heavy atom. The van der Waals surface area contributed by atoms with E-state index < -0.39 is 29.0 Å². The van der Waals surface area contributed by atoms with Crippen LogP contribution in [0.2, 0.25) is 0 Å². The molecule has 1 saturated carbocycles. The Balaban J connectivity index is 1.39. The SMILES string of the molecule is CCCCOC1CCC(c2ccc(C(=O)Oc3ccc(-c4ccc(OCC)cc4F)cc3)c(F)c2F)CC1. The van der Waals surface area contributed by atoms with E-state index in [4.69, 9.17) is 14.2 Å². The van der Waals surface area contributed by atoms with Crippen LogP contribution in [-0.4, -0.2) is 25.3 Å². The minimum Gasteiger partial charge on any atom is -0.494 e. The number of hydrogen-bond donors (Lipinski definition) is 0. The third kappa shape index (κ3) is 6.57. The number of rotatable bonds is 10. The van der Waals surface area contributed by atoms with Gasteiger partial charge in [-0.05, 0) is 86.4 Å². The molecule has 0 atom stereocenters. The predicted octanol–water partition coefficient (Wildman–Crippen LogP) is 8.23. The smallest absolute Gasteiger partial charge is 0.346 e. The quantitative estimate of drug-likeness (QED) is 0.152. The molecule has 4 nitrogen and oxygen atoms in total. The van der Waals surface area contributed by atoms with Crippen molar-refractivity contribution in [3.05, 3.63) is 83.2 Å². The summed E-state index contributed by atoms with van der Waals surface area (Å²) in [6.07, 6.45) is 5.27. The maximum absolute atomic E-state index is 15.0. The van der Waals surface area contributed by atoms with Gasteiger partial charge in [0.25, 0.3) is 0 Å². The number of halogens is 3. The zero-order chi connectivity index (χ0) is 27.1. The summed E-state index contributed by atoms with van der Waals surface area (Å²) in [4.78, 5) is 12.6. The molecule has 0 aromatic heterocycles. The second-order valence-corrected chi connectivity index (χ2v) is 9.52. The highest BCUT2D eigenvalue weighted by Gasteiger charge is 2.28. The van der Waals surface area contributed by atoms with Crippen molar-refractivity contribution >= 4 is 5.97 Å². The molecule has 7 heteroatoms. The molecule has 0 heterocycles. The van der Waals surface area contributed by atoms with Crippen LogP contribution in [0.5, 0.6) is 11.5 Å². The van der Waals surface area contributed by atoms with Crippen molar-refractivity contribution in [3.8, 4) is 22.6 Å². The molecule has 1 aliphatic carbocycles. The van der Waals surface area contributed by atoms with E-state index in [1.54, 1.807) is 24.3 Å². The first-order valence-electron chi connectivity index (χ1n) is 13.3. The first kappa shape index (κ1) is 27.7. The zero-order valence-corrected chi connectivity index (χ0v) is 21.8. The molecule has 4 rings (SSSR count). The van der Waals surface area contributed by atoms with Crippen LogP contribution in [0, 0.1) is 17.5 Å². The second-order valence-electron chi connectivity index (χ2n) is 9.52. The Morgan fingerprint density at radius 1 is 0.868 bits per heavy atom. The van der Waals surface area contributed by atoms with Crippen molar-refractivity contribution in [2.75, 3.05) is 13.2 Å². The highest BCUT2D eigenvalue weighted by molar-refractivity contribution is 5.91. The number of unbranched alkanes of at least 4 members (excludes halogenated alkanes) is 1. The van der Waals surface area contributed by atoms with Gasteiger partial charge in [-0.15, -0.1) is 0 Å². The lowest BCUT2D eigenvalue weighted by molar-refractivity contribution is 0.0230. The molecule has 202 valence electrons. The van der Waals surface area contributed by atoms with Crippen molar-refractivity contribution in [2.45, 2.75) is 64.4 Å². The fraction of sp³-hybridized carbons (Fsp3) is 0.387. The summed E-state index contributed by atoms with van der Waals surface area (Å²) in [6.45, 7) is 5.09. The first-order valence-corrected chi connectivity index (χ1v) is 13.3. The van der Waals surface area contributed by atoms with E-state index in [9.17, 15) is 18.0 Å². The van der Waals surface area contributed by atoms with E-state index >= 15 is 0 Å². The molecular formula is C31H33F3O4. The van der Waals surface area contributed by atoms with Gasteiger partial charge in [-0.1, -0.05) is 31.5 Å². The topological polar surface area (TPSA) is 44.8 Å². The molecule has 1 aliphatic rings. The summed E-state index contributed by atoms with van der Waals surface area (Å²) in [5, 5.41) is 0. The van der Waals surface area contributed by atoms with Gasteiger partial charge in [0.05, 0.1) is 18.3 Å². The predicted molar refractivity (Wildman–Crippen MR) is 140 cm³/mol. The van der Waals surface area contributed by atoms with Crippen molar-refractivity contribution < 1.29 is 32.2 Å². The van der Waals surface area contributed by atoms with Crippen LogP contribution in [0.25, 0.3) is 11.1 Å². The molecule has 38 heavy (non-hydrogen) atoms. The number of benzene rings is 3. The molecule has 3 aromatic rings. The van der Waals surface area contributed by atoms with Gasteiger partial charge in [-0.25, -0.2) is 18.0 Å². The summed E-state index contributed by atoms with van der Waals surface area (Å²) in [5.74, 6) is -3.20. The molecular weight excluding hydrogens is 493 g/mol. The van der Waals surface area contributed by atoms with Crippen LogP contribution in [-0.2, 0) is 4.74 Å². The Morgan fingerprint density at radius 3 is 2.24 bits per heavy atom. The highest BCUT2D eigenvalue weighted by Crippen LogP contribution is 2.36. The lowest BCUT2D eigenvalue weighted by atomic mass is 9.82. The number of carbonyl (C=O) groups excluding carboxylic acids is 1. The van der Waals surface area contributed by atoms with Crippen LogP contribution in [0.4, 0.5) is 13.2 Å². The number of esters is 1. The molecule has 3 aromatic carbocycles. The van der Waals surface area contributed by atoms with Gasteiger partial charge < -0.3 is 14.2 Å². The molecule has 0 aliphatic heterocycles. The standard InChI is InChI=1S/C31H33F3O4/c1-3-5-18-37-22-10-6-21(7-11-22)26-16-17-27(30(34)29(26)33)31(35)38-23-12-8-20(9-13-23)25-15-14-24(36-4-2)19-28(25)32/h8-9,12-17,19,21-22H,3-7,10-11,18H2,1-2H3. The van der Waals surface area contributed by atoms with E-state index in [0.717, 1.165) is 32.3 Å². The average Bonchev–Trinajstić information content (AvgIpc) is 2.92. The van der Waals surface area contributed by atoms with Crippen molar-refractivity contribution in [1.29, 1.82) is 0 Å². The molecule has 0 bridgehead atoms. The van der Waals surface area contributed by atoms with Gasteiger partial charge in [-0.2, -0.15) is 0 Å². The van der Waals surface area contributed by atoms with E-state index in [-0.39, 0.29) is 23.3 Å². The Labute approximate surface area is 221 Å². The molecule has 0 N–H and O–H groups in total. The van der Waals surface area contributed by atoms with Crippen LogP contribution < -0.4 is 9.47 Å². The molecule has 1 fully saturated rings. The van der Waals surface area contributed by atoms with Crippen LogP contribution in [0.3, 0.4) is 0 Å². The fourth-order valence-electron chi connectivity index (χ4n) is 4.82. The van der Waals surface area contributed by atoms with Crippen molar-refractivity contribution in [1.82, 2.24) is 0 Å².